The summed E-state index contributed by atoms with van der Waals surface area (Å²) >= 11 is 4.70. The Hall–Kier alpha value is -0.160. The molecule has 11 heavy (non-hydrogen) atoms. The SMILES string of the molecule is CCSc1nc(F)ncc1Br. The van der Waals surface area contributed by atoms with Gasteiger partial charge in [0.1, 0.15) is 5.03 Å². The largest absolute Gasteiger partial charge is 0.309 e. The molecule has 0 saturated carbocycles. The lowest BCUT2D eigenvalue weighted by Crippen LogP contribution is -1.91. The highest BCUT2D eigenvalue weighted by Crippen LogP contribution is 2.23. The fourth-order valence-electron chi connectivity index (χ4n) is 0.569. The molecule has 0 aliphatic heterocycles. The van der Waals surface area contributed by atoms with Gasteiger partial charge in [-0.1, -0.05) is 6.92 Å². The van der Waals surface area contributed by atoms with Crippen LogP contribution in [-0.4, -0.2) is 15.7 Å². The second-order valence-electron chi connectivity index (χ2n) is 1.73. The summed E-state index contributed by atoms with van der Waals surface area (Å²) in [6, 6.07) is 0. The molecule has 1 heterocycles. The lowest BCUT2D eigenvalue weighted by atomic mass is 10.7. The Bertz CT molecular complexity index is 256. The molecule has 5 heteroatoms. The van der Waals surface area contributed by atoms with Gasteiger partial charge in [-0.3, -0.25) is 0 Å². The van der Waals surface area contributed by atoms with Crippen molar-refractivity contribution in [1.82, 2.24) is 9.97 Å². The lowest BCUT2D eigenvalue weighted by molar-refractivity contribution is 0.525. The topological polar surface area (TPSA) is 25.8 Å². The standard InChI is InChI=1S/C6H6BrFN2S/c1-2-11-5-4(7)3-9-6(8)10-5/h3H,2H2,1H3. The van der Waals surface area contributed by atoms with E-state index in [1.54, 1.807) is 0 Å². The summed E-state index contributed by atoms with van der Waals surface area (Å²) in [5.74, 6) is 0.870. The average molecular weight is 237 g/mol. The van der Waals surface area contributed by atoms with E-state index in [1.165, 1.54) is 18.0 Å². The van der Waals surface area contributed by atoms with Crippen molar-refractivity contribution < 1.29 is 4.39 Å². The zero-order chi connectivity index (χ0) is 8.27. The van der Waals surface area contributed by atoms with Crippen molar-refractivity contribution in [2.24, 2.45) is 0 Å². The molecule has 0 aromatic carbocycles. The Morgan fingerprint density at radius 2 is 2.45 bits per heavy atom. The van der Waals surface area contributed by atoms with Crippen molar-refractivity contribution in [2.45, 2.75) is 11.9 Å². The Morgan fingerprint density at radius 1 is 1.73 bits per heavy atom. The van der Waals surface area contributed by atoms with Gasteiger partial charge in [0.05, 0.1) is 4.47 Å². The van der Waals surface area contributed by atoms with Crippen LogP contribution < -0.4 is 0 Å². The van der Waals surface area contributed by atoms with Crippen molar-refractivity contribution in [3.05, 3.63) is 16.7 Å². The first kappa shape index (κ1) is 8.93. The number of nitrogens with zero attached hydrogens (tertiary/aromatic N) is 2. The highest BCUT2D eigenvalue weighted by atomic mass is 79.9. The fraction of sp³-hybridized carbons (Fsp3) is 0.333. The molecular formula is C6H6BrFN2S. The summed E-state index contributed by atoms with van der Waals surface area (Å²) in [5, 5.41) is 0.653. The van der Waals surface area contributed by atoms with Crippen LogP contribution in [0, 0.1) is 6.08 Å². The van der Waals surface area contributed by atoms with Gasteiger partial charge in [-0.15, -0.1) is 11.8 Å². The summed E-state index contributed by atoms with van der Waals surface area (Å²) in [5.41, 5.74) is 0. The molecule has 0 saturated heterocycles. The molecule has 0 N–H and O–H groups in total. The van der Waals surface area contributed by atoms with E-state index in [0.717, 1.165) is 10.2 Å². The highest BCUT2D eigenvalue weighted by Gasteiger charge is 2.02. The van der Waals surface area contributed by atoms with Gasteiger partial charge in [-0.2, -0.15) is 9.37 Å². The van der Waals surface area contributed by atoms with Crippen molar-refractivity contribution in [2.75, 3.05) is 5.75 Å². The van der Waals surface area contributed by atoms with Gasteiger partial charge in [0.25, 0.3) is 0 Å². The smallest absolute Gasteiger partial charge is 0.210 e. The van der Waals surface area contributed by atoms with Gasteiger partial charge in [0.2, 0.25) is 0 Å². The van der Waals surface area contributed by atoms with E-state index >= 15 is 0 Å². The maximum atomic E-state index is 12.4. The van der Waals surface area contributed by atoms with Crippen LogP contribution in [0.25, 0.3) is 0 Å². The minimum absolute atomic E-state index is 0.653. The molecule has 1 aromatic rings. The number of hydrogen-bond acceptors (Lipinski definition) is 3. The molecule has 2 nitrogen and oxygen atoms in total. The van der Waals surface area contributed by atoms with Gasteiger partial charge in [-0.05, 0) is 21.7 Å². The lowest BCUT2D eigenvalue weighted by Gasteiger charge is -1.98. The molecule has 0 aliphatic rings. The van der Waals surface area contributed by atoms with Crippen LogP contribution in [0.15, 0.2) is 15.7 Å². The third-order valence-corrected chi connectivity index (χ3v) is 2.68. The molecule has 0 aliphatic carbocycles. The molecule has 0 unspecified atom stereocenters. The van der Waals surface area contributed by atoms with Gasteiger partial charge in [-0.25, -0.2) is 4.98 Å². The van der Waals surface area contributed by atoms with Gasteiger partial charge in [0.15, 0.2) is 0 Å². The van der Waals surface area contributed by atoms with Crippen LogP contribution in [-0.2, 0) is 0 Å². The molecule has 0 radical (unpaired) electrons. The van der Waals surface area contributed by atoms with E-state index < -0.39 is 6.08 Å². The molecule has 60 valence electrons. The maximum Gasteiger partial charge on any atom is 0.309 e. The Balaban J connectivity index is 2.93. The van der Waals surface area contributed by atoms with Crippen molar-refractivity contribution in [1.29, 1.82) is 0 Å². The van der Waals surface area contributed by atoms with E-state index in [2.05, 4.69) is 25.9 Å². The Morgan fingerprint density at radius 3 is 3.09 bits per heavy atom. The first-order chi connectivity index (χ1) is 5.24. The molecular weight excluding hydrogens is 231 g/mol. The number of rotatable bonds is 2. The van der Waals surface area contributed by atoms with Crippen molar-refractivity contribution >= 4 is 27.7 Å². The maximum absolute atomic E-state index is 12.4. The first-order valence-corrected chi connectivity index (χ1v) is 4.82. The number of halogens is 2. The molecule has 0 spiro atoms. The summed E-state index contributed by atoms with van der Waals surface area (Å²) in [7, 11) is 0. The molecule has 0 atom stereocenters. The number of hydrogen-bond donors (Lipinski definition) is 0. The minimum Gasteiger partial charge on any atom is -0.210 e. The van der Waals surface area contributed by atoms with Crippen LogP contribution in [0.3, 0.4) is 0 Å². The summed E-state index contributed by atoms with van der Waals surface area (Å²) in [6.07, 6.45) is 0.740. The summed E-state index contributed by atoms with van der Waals surface area (Å²) in [6.45, 7) is 1.98. The Kier molecular flexibility index (Phi) is 3.26. The first-order valence-electron chi connectivity index (χ1n) is 3.05. The zero-order valence-corrected chi connectivity index (χ0v) is 8.25. The fourth-order valence-corrected chi connectivity index (χ4v) is 1.71. The van der Waals surface area contributed by atoms with E-state index in [-0.39, 0.29) is 0 Å². The van der Waals surface area contributed by atoms with Crippen LogP contribution in [0.5, 0.6) is 0 Å². The third kappa shape index (κ3) is 2.41. The van der Waals surface area contributed by atoms with Gasteiger partial charge < -0.3 is 0 Å². The van der Waals surface area contributed by atoms with Crippen LogP contribution in [0.1, 0.15) is 6.92 Å². The summed E-state index contributed by atoms with van der Waals surface area (Å²) < 4.78 is 13.2. The number of thioether (sulfide) groups is 1. The van der Waals surface area contributed by atoms with Crippen molar-refractivity contribution in [3.8, 4) is 0 Å². The van der Waals surface area contributed by atoms with Crippen LogP contribution >= 0.6 is 27.7 Å². The predicted octanol–water partition coefficient (Wildman–Crippen LogP) is 2.49. The summed E-state index contributed by atoms with van der Waals surface area (Å²) in [4.78, 5) is 6.98. The van der Waals surface area contributed by atoms with E-state index in [9.17, 15) is 4.39 Å². The second kappa shape index (κ2) is 4.01. The molecule has 0 bridgehead atoms. The number of aromatic nitrogens is 2. The zero-order valence-electron chi connectivity index (χ0n) is 5.84. The third-order valence-electron chi connectivity index (χ3n) is 0.964. The van der Waals surface area contributed by atoms with E-state index in [0.29, 0.717) is 5.03 Å². The average Bonchev–Trinajstić information content (AvgIpc) is 1.98. The van der Waals surface area contributed by atoms with Gasteiger partial charge in [0, 0.05) is 6.20 Å². The Labute approximate surface area is 76.8 Å². The monoisotopic (exact) mass is 236 g/mol. The molecule has 1 rings (SSSR count). The van der Waals surface area contributed by atoms with Crippen molar-refractivity contribution in [3.63, 3.8) is 0 Å². The van der Waals surface area contributed by atoms with Crippen LogP contribution in [0.2, 0.25) is 0 Å². The minimum atomic E-state index is -0.677. The second-order valence-corrected chi connectivity index (χ2v) is 3.83. The predicted molar refractivity (Wildman–Crippen MR) is 46.1 cm³/mol. The molecule has 0 fully saturated rings. The van der Waals surface area contributed by atoms with E-state index in [1.807, 2.05) is 6.92 Å². The van der Waals surface area contributed by atoms with E-state index in [4.69, 9.17) is 0 Å². The van der Waals surface area contributed by atoms with Gasteiger partial charge >= 0.3 is 6.08 Å². The highest BCUT2D eigenvalue weighted by molar-refractivity contribution is 9.10. The quantitative estimate of drug-likeness (QED) is 0.449. The van der Waals surface area contributed by atoms with Crippen LogP contribution in [0.4, 0.5) is 4.39 Å². The normalized spacial score (nSPS) is 10.1. The molecule has 1 aromatic heterocycles. The molecule has 0 amide bonds.